The number of ether oxygens (including phenoxy) is 2. The fraction of sp³-hybridized carbons (Fsp3) is 0.610. The molecule has 0 spiro atoms. The molecule has 34 heteroatoms. The highest BCUT2D eigenvalue weighted by Crippen LogP contribution is 2.25. The van der Waals surface area contributed by atoms with Gasteiger partial charge in [-0.05, 0) is 151 Å². The predicted molar refractivity (Wildman–Crippen MR) is 366 cm³/mol. The lowest BCUT2D eigenvalue weighted by Gasteiger charge is -2.26. The maximum Gasteiger partial charge on any atom is 0.307 e. The van der Waals surface area contributed by atoms with Crippen molar-refractivity contribution in [3.8, 4) is 0 Å². The third-order valence-corrected chi connectivity index (χ3v) is 15.5. The van der Waals surface area contributed by atoms with E-state index < -0.39 is 75.7 Å². The van der Waals surface area contributed by atoms with E-state index in [1.807, 2.05) is 85.2 Å². The first-order valence-electron chi connectivity index (χ1n) is 29.5. The number of carboxylic acids is 1. The van der Waals surface area contributed by atoms with E-state index in [1.54, 1.807) is 46.4 Å². The second-order valence-electron chi connectivity index (χ2n) is 23.7. The van der Waals surface area contributed by atoms with E-state index in [1.165, 1.54) is 14.8 Å². The van der Waals surface area contributed by atoms with Crippen molar-refractivity contribution < 1.29 is 89.0 Å². The number of aliphatic carboxylic acids is 1. The number of hydrogen-bond donors (Lipinski definition) is 4. The van der Waals surface area contributed by atoms with E-state index in [2.05, 4.69) is 10.5 Å². The minimum absolute atomic E-state index is 0.00997. The largest absolute Gasteiger partial charge is 0.481 e. The summed E-state index contributed by atoms with van der Waals surface area (Å²) in [6.07, 6.45) is 6.48. The van der Waals surface area contributed by atoms with Gasteiger partial charge in [-0.3, -0.25) is 31.1 Å². The Morgan fingerprint density at radius 3 is 1.04 bits per heavy atom. The molecule has 0 aliphatic rings. The zero-order valence-electron chi connectivity index (χ0n) is 55.5. The molecular formula is C59H94B2Cl2N6O20S4. The number of benzene rings is 3. The summed E-state index contributed by atoms with van der Waals surface area (Å²) in [5.41, 5.74) is 12.8. The van der Waals surface area contributed by atoms with Crippen molar-refractivity contribution in [2.45, 2.75) is 130 Å². The van der Waals surface area contributed by atoms with Crippen molar-refractivity contribution in [3.05, 3.63) is 88.0 Å². The van der Waals surface area contributed by atoms with Crippen LogP contribution in [0.1, 0.15) is 94.2 Å². The number of nitrogens with zero attached hydrogens (tertiary/aromatic N) is 3. The van der Waals surface area contributed by atoms with E-state index in [0.717, 1.165) is 69.8 Å². The fourth-order valence-corrected chi connectivity index (χ4v) is 10.7. The Kier molecular flexibility index (Phi) is 38.7. The number of aryl methyl sites for hydroxylation is 3. The smallest absolute Gasteiger partial charge is 0.307 e. The molecule has 3 rings (SSSR count). The highest BCUT2D eigenvalue weighted by atomic mass is 35.5. The number of carbonyl (C=O) groups excluding carboxylic acids is 4. The SMILES string of the molecule is Cc1ccc(N(CCCl)CCOS(C)(=O)=O)cc1C[C@@H](N)CC(=O)O.Cc1ccc(N(CCCl)CCOS(C)(=O)=O)cc1C[C@H](CC(=O)OC(C)(C)C)N[B]C=O.Cc1ccc(N(CCOS(C)(=O)=O)CCOS(C)(=O)=O)cc1C[C@H](CC(=O)OC(C)(C)C)N[B]C=O. The van der Waals surface area contributed by atoms with Crippen LogP contribution in [-0.4, -0.2) is 216 Å². The third kappa shape index (κ3) is 42.3. The Balaban J connectivity index is 0.000000709. The quantitative estimate of drug-likeness (QED) is 0.0203. The third-order valence-electron chi connectivity index (χ3n) is 12.8. The van der Waals surface area contributed by atoms with Crippen LogP contribution in [0.15, 0.2) is 54.6 Å². The molecule has 0 heterocycles. The molecule has 93 heavy (non-hydrogen) atoms. The average molecular weight is 1430 g/mol. The number of hydrogen-bond acceptors (Lipinski definition) is 25. The lowest BCUT2D eigenvalue weighted by Crippen LogP contribution is -2.38. The van der Waals surface area contributed by atoms with Gasteiger partial charge in [-0.2, -0.15) is 33.7 Å². The summed E-state index contributed by atoms with van der Waals surface area (Å²) in [6, 6.07) is 15.9. The molecule has 0 aromatic heterocycles. The number of nitrogens with one attached hydrogen (secondary N) is 2. The van der Waals surface area contributed by atoms with Gasteiger partial charge in [-0.15, -0.1) is 23.2 Å². The lowest BCUT2D eigenvalue weighted by molar-refractivity contribution is -0.156. The van der Waals surface area contributed by atoms with Crippen molar-refractivity contribution in [1.29, 1.82) is 0 Å². The van der Waals surface area contributed by atoms with Gasteiger partial charge in [0.05, 0.1) is 83.1 Å². The molecule has 0 saturated heterocycles. The molecule has 26 nitrogen and oxygen atoms in total. The topological polar surface area (TPSA) is 357 Å². The van der Waals surface area contributed by atoms with E-state index in [9.17, 15) is 57.6 Å². The highest BCUT2D eigenvalue weighted by molar-refractivity contribution is 7.86. The van der Waals surface area contributed by atoms with Crippen LogP contribution in [0.4, 0.5) is 17.1 Å². The zero-order chi connectivity index (χ0) is 71.0. The van der Waals surface area contributed by atoms with Crippen LogP contribution in [-0.2, 0) is 110 Å². The Morgan fingerprint density at radius 1 is 0.516 bits per heavy atom. The molecule has 0 amide bonds. The number of carboxylic acid groups (broad SMARTS) is 1. The predicted octanol–water partition coefficient (Wildman–Crippen LogP) is 4.21. The van der Waals surface area contributed by atoms with Crippen molar-refractivity contribution in [1.82, 2.24) is 10.5 Å². The van der Waals surface area contributed by atoms with E-state index in [0.29, 0.717) is 75.3 Å². The van der Waals surface area contributed by atoms with E-state index >= 15 is 0 Å². The summed E-state index contributed by atoms with van der Waals surface area (Å²) in [5, 5.41) is 14.7. The fourth-order valence-electron chi connectivity index (χ4n) is 8.74. The summed E-state index contributed by atoms with van der Waals surface area (Å²) in [6.45, 7) is 18.3. The van der Waals surface area contributed by atoms with E-state index in [-0.39, 0.29) is 70.8 Å². The van der Waals surface area contributed by atoms with Gasteiger partial charge >= 0.3 is 17.9 Å². The van der Waals surface area contributed by atoms with Crippen molar-refractivity contribution in [2.75, 3.05) is 117 Å². The van der Waals surface area contributed by atoms with Crippen molar-refractivity contribution in [3.63, 3.8) is 0 Å². The van der Waals surface area contributed by atoms with Gasteiger partial charge in [0.25, 0.3) is 55.3 Å². The molecule has 3 atom stereocenters. The number of nitrogens with two attached hydrogens (primary N) is 1. The van der Waals surface area contributed by atoms with E-state index in [4.69, 9.17) is 60.2 Å². The molecule has 3 aromatic rings. The molecule has 2 radical (unpaired) electrons. The molecular weight excluding hydrogens is 1330 g/mol. The van der Waals surface area contributed by atoms with Crippen LogP contribution in [0.2, 0.25) is 0 Å². The maximum atomic E-state index is 12.4. The van der Waals surface area contributed by atoms with Gasteiger partial charge in [0, 0.05) is 86.2 Å². The molecule has 524 valence electrons. The molecule has 0 bridgehead atoms. The Morgan fingerprint density at radius 2 is 0.796 bits per heavy atom. The van der Waals surface area contributed by atoms with Gasteiger partial charge in [0.15, 0.2) is 0 Å². The average Bonchev–Trinajstić information content (AvgIpc) is 0.952. The van der Waals surface area contributed by atoms with Crippen LogP contribution in [0.3, 0.4) is 0 Å². The summed E-state index contributed by atoms with van der Waals surface area (Å²) in [7, 11) is -11.8. The highest BCUT2D eigenvalue weighted by Gasteiger charge is 2.25. The Labute approximate surface area is 562 Å². The van der Waals surface area contributed by atoms with Crippen molar-refractivity contribution >= 4 is 126 Å². The molecule has 0 saturated carbocycles. The molecule has 0 aliphatic heterocycles. The van der Waals surface area contributed by atoms with Gasteiger partial charge < -0.3 is 55.1 Å². The Hall–Kier alpha value is -4.96. The van der Waals surface area contributed by atoms with Gasteiger partial charge in [0.1, 0.15) is 11.2 Å². The second-order valence-corrected chi connectivity index (χ2v) is 31.0. The van der Waals surface area contributed by atoms with Crippen LogP contribution < -0.4 is 30.9 Å². The summed E-state index contributed by atoms with van der Waals surface area (Å²) in [4.78, 5) is 62.8. The number of halogens is 2. The lowest BCUT2D eigenvalue weighted by atomic mass is 9.91. The monoisotopic (exact) mass is 1430 g/mol. The normalized spacial score (nSPS) is 12.9. The first-order valence-corrected chi connectivity index (χ1v) is 37.8. The second kappa shape index (κ2) is 41.9. The first kappa shape index (κ1) is 86.1. The summed E-state index contributed by atoms with van der Waals surface area (Å²) >= 11 is 11.8. The molecule has 0 fully saturated rings. The van der Waals surface area contributed by atoms with Gasteiger partial charge in [-0.1, -0.05) is 18.2 Å². The maximum absolute atomic E-state index is 12.4. The standard InChI is InChI=1S/C22H36BN2O9S2.C21H33BClN2O6S.C16H25ClN2O5S/c1-17-7-8-20(25(9-11-32-35(5,28)29)10-12-33-36(6,30)31)14-18(17)13-19(24-23-16-26)15-21(27)34-22(2,3)4;1-16-6-7-19(25(9-8-23)10-11-30-32(5,28)29)13-17(16)12-18(24-22-15-26)14-20(27)31-21(2,3)4;1-12-3-4-15(10-13(12)9-14(18)11-16(20)21)19(6-5-17)7-8-24-25(2,22)23/h7-8,14,16,19,24H,9-13,15H2,1-6H3;6-7,13,15,18,24H,8-12,14H2,1-5H3;3-4,10,14H,5-9,11,18H2,1-2H3,(H,20,21)/t19-;18-;14-/m111/s1. The molecule has 5 N–H and O–H groups in total. The van der Waals surface area contributed by atoms with Gasteiger partial charge in [0.2, 0.25) is 0 Å². The molecule has 0 unspecified atom stereocenters. The number of esters is 2. The Bertz CT molecular complexity index is 3270. The minimum Gasteiger partial charge on any atom is -0.481 e. The zero-order valence-corrected chi connectivity index (χ0v) is 60.3. The number of carbonyl (C=O) groups is 5. The number of alkyl halides is 2. The minimum atomic E-state index is -3.65. The summed E-state index contributed by atoms with van der Waals surface area (Å²) < 4.78 is 120. The van der Waals surface area contributed by atoms with Gasteiger partial charge in [-0.25, -0.2) is 0 Å². The molecule has 0 aliphatic carbocycles. The number of rotatable bonds is 41. The summed E-state index contributed by atoms with van der Waals surface area (Å²) in [5.74, 6) is -0.960. The van der Waals surface area contributed by atoms with Crippen LogP contribution >= 0.6 is 23.2 Å². The van der Waals surface area contributed by atoms with Crippen LogP contribution in [0.5, 0.6) is 0 Å². The van der Waals surface area contributed by atoms with Crippen molar-refractivity contribution in [2.24, 2.45) is 5.73 Å². The van der Waals surface area contributed by atoms with Crippen LogP contribution in [0.25, 0.3) is 0 Å². The number of anilines is 3. The first-order chi connectivity index (χ1) is 42.9. The van der Waals surface area contributed by atoms with Crippen LogP contribution in [0, 0.1) is 20.8 Å². The molecule has 3 aromatic carbocycles.